The maximum absolute atomic E-state index is 11.4. The average molecular weight is 387 g/mol. The van der Waals surface area contributed by atoms with Crippen LogP contribution in [-0.2, 0) is 14.4 Å². The summed E-state index contributed by atoms with van der Waals surface area (Å²) in [5.74, 6) is -0.847. The Labute approximate surface area is 160 Å². The highest BCUT2D eigenvalue weighted by molar-refractivity contribution is 5.76. The van der Waals surface area contributed by atoms with E-state index in [1.165, 1.54) is 0 Å². The minimum Gasteiger partial charge on any atom is -0.377 e. The number of nitrogens with zero attached hydrogens (tertiary/aromatic N) is 4. The number of aliphatic hydroxyl groups excluding tert-OH is 1. The van der Waals surface area contributed by atoms with Crippen LogP contribution in [0.3, 0.4) is 0 Å². The number of β-amino-alcohol motifs (C(OH)–C–C–N with tert-alkyl or cyclic N) is 1. The van der Waals surface area contributed by atoms with Gasteiger partial charge in [0, 0.05) is 58.9 Å². The summed E-state index contributed by atoms with van der Waals surface area (Å²) < 4.78 is 0. The Kier molecular flexibility index (Phi) is 11.0. The molecule has 11 nitrogen and oxygen atoms in total. The van der Waals surface area contributed by atoms with Crippen molar-refractivity contribution in [1.82, 2.24) is 19.6 Å². The predicted molar refractivity (Wildman–Crippen MR) is 100 cm³/mol. The number of hydrogen-bond donors (Lipinski definition) is 4. The quantitative estimate of drug-likeness (QED) is 0.238. The van der Waals surface area contributed by atoms with E-state index in [4.69, 9.17) is 17.2 Å². The zero-order valence-electron chi connectivity index (χ0n) is 15.8. The molecule has 0 bridgehead atoms. The molecule has 0 saturated carbocycles. The SMILES string of the molecule is NC(=O)CN1CCN(CC=O)CCN(CC(N)O)CCN(CC(N)=O)CC1. The molecular weight excluding hydrogens is 354 g/mol. The standard InChI is InChI=1S/C16H33N7O4/c17-14(25)11-21-3-1-20(9-10-24)2-4-22(12-15(18)26)6-8-23(7-5-21)13-16(19)27/h10,14,25H,1-9,11-13,17H2,(H2,18,26)(H2,19,27). The highest BCUT2D eigenvalue weighted by Gasteiger charge is 2.18. The van der Waals surface area contributed by atoms with Crippen LogP contribution < -0.4 is 17.2 Å². The minimum atomic E-state index is -0.965. The van der Waals surface area contributed by atoms with Crippen LogP contribution in [0.4, 0.5) is 0 Å². The number of nitrogens with two attached hydrogens (primary N) is 3. The zero-order valence-corrected chi connectivity index (χ0v) is 15.8. The van der Waals surface area contributed by atoms with Crippen molar-refractivity contribution in [2.24, 2.45) is 17.2 Å². The van der Waals surface area contributed by atoms with Gasteiger partial charge in [-0.05, 0) is 0 Å². The van der Waals surface area contributed by atoms with E-state index in [1.54, 1.807) is 0 Å². The predicted octanol–water partition coefficient (Wildman–Crippen LogP) is -4.35. The third kappa shape index (κ3) is 11.0. The fourth-order valence-corrected chi connectivity index (χ4v) is 3.07. The summed E-state index contributed by atoms with van der Waals surface area (Å²) in [6.07, 6.45) is -0.117. The Bertz CT molecular complexity index is 478. The second-order valence-corrected chi connectivity index (χ2v) is 6.82. The molecule has 0 aromatic heterocycles. The fourth-order valence-electron chi connectivity index (χ4n) is 3.07. The summed E-state index contributed by atoms with van der Waals surface area (Å²) in [6, 6.07) is 0. The van der Waals surface area contributed by atoms with Gasteiger partial charge in [0.2, 0.25) is 11.8 Å². The summed E-state index contributed by atoms with van der Waals surface area (Å²) in [5, 5.41) is 9.52. The molecule has 27 heavy (non-hydrogen) atoms. The summed E-state index contributed by atoms with van der Waals surface area (Å²) >= 11 is 0. The van der Waals surface area contributed by atoms with E-state index in [0.29, 0.717) is 58.9 Å². The number of rotatable bonds is 8. The molecule has 0 aromatic carbocycles. The maximum Gasteiger partial charge on any atom is 0.231 e. The second kappa shape index (κ2) is 12.7. The molecule has 1 fully saturated rings. The Hall–Kier alpha value is -1.63. The maximum atomic E-state index is 11.4. The number of carbonyl (C=O) groups is 3. The normalized spacial score (nSPS) is 21.1. The van der Waals surface area contributed by atoms with E-state index in [9.17, 15) is 19.5 Å². The van der Waals surface area contributed by atoms with Gasteiger partial charge in [0.15, 0.2) is 0 Å². The number of hydrogen-bond acceptors (Lipinski definition) is 9. The monoisotopic (exact) mass is 387 g/mol. The van der Waals surface area contributed by atoms with Crippen molar-refractivity contribution in [2.75, 3.05) is 78.5 Å². The molecule has 11 heteroatoms. The third-order valence-electron chi connectivity index (χ3n) is 4.47. The molecule has 1 atom stereocenters. The average Bonchev–Trinajstić information content (AvgIpc) is 2.56. The Balaban J connectivity index is 2.85. The van der Waals surface area contributed by atoms with Crippen LogP contribution in [0.2, 0.25) is 0 Å². The van der Waals surface area contributed by atoms with Gasteiger partial charge in [-0.1, -0.05) is 0 Å². The molecule has 0 spiro atoms. The molecular formula is C16H33N7O4. The summed E-state index contributed by atoms with van der Waals surface area (Å²) in [6.45, 7) is 5.46. The van der Waals surface area contributed by atoms with Gasteiger partial charge in [0.1, 0.15) is 12.5 Å². The van der Waals surface area contributed by atoms with Crippen LogP contribution in [0.1, 0.15) is 0 Å². The van der Waals surface area contributed by atoms with E-state index in [0.717, 1.165) is 6.29 Å². The molecule has 1 aliphatic heterocycles. The molecule has 0 radical (unpaired) electrons. The lowest BCUT2D eigenvalue weighted by atomic mass is 10.3. The Morgan fingerprint density at radius 3 is 1.52 bits per heavy atom. The number of primary amides is 2. The summed E-state index contributed by atoms with van der Waals surface area (Å²) in [7, 11) is 0. The first-order valence-electron chi connectivity index (χ1n) is 9.13. The van der Waals surface area contributed by atoms with E-state index in [2.05, 4.69) is 0 Å². The summed E-state index contributed by atoms with van der Waals surface area (Å²) in [5.41, 5.74) is 16.2. The molecule has 1 saturated heterocycles. The summed E-state index contributed by atoms with van der Waals surface area (Å²) in [4.78, 5) is 41.5. The van der Waals surface area contributed by atoms with Crippen LogP contribution >= 0.6 is 0 Å². The van der Waals surface area contributed by atoms with Gasteiger partial charge in [-0.3, -0.25) is 29.2 Å². The highest BCUT2D eigenvalue weighted by Crippen LogP contribution is 2.01. The highest BCUT2D eigenvalue weighted by atomic mass is 16.3. The van der Waals surface area contributed by atoms with Gasteiger partial charge in [0.05, 0.1) is 19.6 Å². The number of carbonyl (C=O) groups excluding carboxylic acids is 3. The Morgan fingerprint density at radius 1 is 0.815 bits per heavy atom. The molecule has 1 rings (SSSR count). The smallest absolute Gasteiger partial charge is 0.231 e. The van der Waals surface area contributed by atoms with Gasteiger partial charge in [-0.25, -0.2) is 0 Å². The molecule has 0 aromatic rings. The van der Waals surface area contributed by atoms with Gasteiger partial charge < -0.3 is 27.1 Å². The van der Waals surface area contributed by atoms with Crippen molar-refractivity contribution in [3.05, 3.63) is 0 Å². The first-order valence-corrected chi connectivity index (χ1v) is 9.13. The van der Waals surface area contributed by atoms with Gasteiger partial charge in [-0.2, -0.15) is 0 Å². The van der Waals surface area contributed by atoms with E-state index >= 15 is 0 Å². The van der Waals surface area contributed by atoms with E-state index < -0.39 is 18.0 Å². The lowest BCUT2D eigenvalue weighted by molar-refractivity contribution is -0.120. The van der Waals surface area contributed by atoms with Crippen LogP contribution in [0, 0.1) is 0 Å². The minimum absolute atomic E-state index is 0.112. The number of aliphatic hydroxyl groups is 1. The lowest BCUT2D eigenvalue weighted by Crippen LogP contribution is -2.50. The van der Waals surface area contributed by atoms with Gasteiger partial charge in [0.25, 0.3) is 0 Å². The van der Waals surface area contributed by atoms with Crippen molar-refractivity contribution < 1.29 is 19.5 Å². The van der Waals surface area contributed by atoms with Crippen molar-refractivity contribution in [3.8, 4) is 0 Å². The molecule has 1 heterocycles. The van der Waals surface area contributed by atoms with Gasteiger partial charge in [-0.15, -0.1) is 0 Å². The largest absolute Gasteiger partial charge is 0.377 e. The van der Waals surface area contributed by atoms with Crippen molar-refractivity contribution in [2.45, 2.75) is 6.23 Å². The fraction of sp³-hybridized carbons (Fsp3) is 0.812. The topological polar surface area (TPSA) is 162 Å². The number of aldehydes is 1. The van der Waals surface area contributed by atoms with Gasteiger partial charge >= 0.3 is 0 Å². The zero-order chi connectivity index (χ0) is 20.2. The van der Waals surface area contributed by atoms with Crippen molar-refractivity contribution >= 4 is 18.1 Å². The number of amides is 2. The Morgan fingerprint density at radius 2 is 1.19 bits per heavy atom. The lowest BCUT2D eigenvalue weighted by Gasteiger charge is -2.33. The van der Waals surface area contributed by atoms with Crippen molar-refractivity contribution in [3.63, 3.8) is 0 Å². The molecule has 156 valence electrons. The van der Waals surface area contributed by atoms with E-state index in [-0.39, 0.29) is 19.6 Å². The molecule has 0 aliphatic carbocycles. The molecule has 2 amide bonds. The van der Waals surface area contributed by atoms with Crippen molar-refractivity contribution in [1.29, 1.82) is 0 Å². The third-order valence-corrected chi connectivity index (χ3v) is 4.47. The van der Waals surface area contributed by atoms with Crippen LogP contribution in [-0.4, -0.2) is 128 Å². The van der Waals surface area contributed by atoms with E-state index in [1.807, 2.05) is 19.6 Å². The first-order chi connectivity index (χ1) is 12.8. The van der Waals surface area contributed by atoms with Crippen LogP contribution in [0.5, 0.6) is 0 Å². The second-order valence-electron chi connectivity index (χ2n) is 6.82. The molecule has 1 unspecified atom stereocenters. The molecule has 1 aliphatic rings. The van der Waals surface area contributed by atoms with Crippen LogP contribution in [0.25, 0.3) is 0 Å². The molecule has 7 N–H and O–H groups in total. The van der Waals surface area contributed by atoms with Crippen LogP contribution in [0.15, 0.2) is 0 Å². The first kappa shape index (κ1) is 23.4.